The Kier molecular flexibility index (Phi) is 5.92. The van der Waals surface area contributed by atoms with Crippen molar-refractivity contribution < 1.29 is 4.74 Å². The van der Waals surface area contributed by atoms with E-state index in [1.165, 1.54) is 18.4 Å². The Labute approximate surface area is 165 Å². The fourth-order valence-electron chi connectivity index (χ4n) is 3.78. The smallest absolute Gasteiger partial charge is 0.206 e. The Morgan fingerprint density at radius 1 is 1.18 bits per heavy atom. The fourth-order valence-corrected chi connectivity index (χ4v) is 3.78. The van der Waals surface area contributed by atoms with Gasteiger partial charge in [-0.3, -0.25) is 9.88 Å². The molecule has 3 heterocycles. The molecule has 1 aromatic carbocycles. The van der Waals surface area contributed by atoms with E-state index in [-0.39, 0.29) is 0 Å². The van der Waals surface area contributed by atoms with E-state index in [0.717, 1.165) is 37.5 Å². The van der Waals surface area contributed by atoms with E-state index in [4.69, 9.17) is 4.74 Å². The van der Waals surface area contributed by atoms with Gasteiger partial charge in [0.1, 0.15) is 5.75 Å². The number of rotatable bonds is 7. The van der Waals surface area contributed by atoms with Gasteiger partial charge < -0.3 is 4.74 Å². The minimum atomic E-state index is 0.518. The molecule has 146 valence electrons. The lowest BCUT2D eigenvalue weighted by Gasteiger charge is -2.32. The first kappa shape index (κ1) is 18.6. The highest BCUT2D eigenvalue weighted by Crippen LogP contribution is 2.24. The fraction of sp³-hybridized carbons (Fsp3) is 0.429. The molecule has 1 aliphatic heterocycles. The van der Waals surface area contributed by atoms with Gasteiger partial charge in [0.05, 0.1) is 13.2 Å². The molecule has 0 N–H and O–H groups in total. The number of aromatic nitrogens is 5. The van der Waals surface area contributed by atoms with Gasteiger partial charge in [-0.25, -0.2) is 0 Å². The highest BCUT2D eigenvalue weighted by Gasteiger charge is 2.22. The van der Waals surface area contributed by atoms with Gasteiger partial charge in [0.2, 0.25) is 5.82 Å². The summed E-state index contributed by atoms with van der Waals surface area (Å²) in [5.41, 5.74) is 2.15. The predicted octanol–water partition coefficient (Wildman–Crippen LogP) is 3.05. The summed E-state index contributed by atoms with van der Waals surface area (Å²) >= 11 is 0. The Morgan fingerprint density at radius 3 is 2.96 bits per heavy atom. The number of benzene rings is 1. The Balaban J connectivity index is 1.38. The summed E-state index contributed by atoms with van der Waals surface area (Å²) in [5.74, 6) is 2.14. The second-order valence-electron chi connectivity index (χ2n) is 7.19. The number of likely N-dealkylation sites (tertiary alicyclic amines) is 1. The minimum absolute atomic E-state index is 0.518. The van der Waals surface area contributed by atoms with E-state index < -0.39 is 0 Å². The molecule has 1 atom stereocenters. The molecule has 2 aromatic heterocycles. The first-order valence-corrected chi connectivity index (χ1v) is 9.93. The zero-order valence-corrected chi connectivity index (χ0v) is 16.2. The lowest BCUT2D eigenvalue weighted by molar-refractivity contribution is 0.147. The molecule has 7 nitrogen and oxygen atoms in total. The topological polar surface area (TPSA) is 69.0 Å². The second-order valence-corrected chi connectivity index (χ2v) is 7.19. The van der Waals surface area contributed by atoms with Crippen LogP contribution in [0.3, 0.4) is 0 Å². The molecular weight excluding hydrogens is 352 g/mol. The Morgan fingerprint density at radius 2 is 2.11 bits per heavy atom. The molecule has 0 bridgehead atoms. The van der Waals surface area contributed by atoms with Crippen molar-refractivity contribution in [2.45, 2.75) is 32.9 Å². The van der Waals surface area contributed by atoms with E-state index in [1.807, 2.05) is 25.1 Å². The molecule has 4 rings (SSSR count). The van der Waals surface area contributed by atoms with Gasteiger partial charge in [0.25, 0.3) is 0 Å². The molecule has 1 fully saturated rings. The first-order chi connectivity index (χ1) is 13.8. The zero-order valence-electron chi connectivity index (χ0n) is 16.2. The predicted molar refractivity (Wildman–Crippen MR) is 107 cm³/mol. The van der Waals surface area contributed by atoms with Crippen LogP contribution in [-0.2, 0) is 13.1 Å². The van der Waals surface area contributed by atoms with Crippen LogP contribution in [0.5, 0.6) is 5.75 Å². The molecule has 7 heteroatoms. The van der Waals surface area contributed by atoms with Crippen LogP contribution in [-0.4, -0.2) is 49.8 Å². The van der Waals surface area contributed by atoms with Gasteiger partial charge in [-0.2, -0.15) is 4.80 Å². The maximum Gasteiger partial charge on any atom is 0.206 e. The average Bonchev–Trinajstić information content (AvgIpc) is 3.19. The molecule has 3 aromatic rings. The largest absolute Gasteiger partial charge is 0.494 e. The molecule has 0 spiro atoms. The van der Waals surface area contributed by atoms with Crippen LogP contribution < -0.4 is 4.74 Å². The maximum atomic E-state index is 5.78. The Bertz CT molecular complexity index is 881. The van der Waals surface area contributed by atoms with Crippen LogP contribution in [0.25, 0.3) is 11.4 Å². The van der Waals surface area contributed by atoms with Crippen LogP contribution in [0.2, 0.25) is 0 Å². The van der Waals surface area contributed by atoms with Gasteiger partial charge in [0.15, 0.2) is 0 Å². The second kappa shape index (κ2) is 8.93. The molecule has 28 heavy (non-hydrogen) atoms. The molecular formula is C21H26N6O. The van der Waals surface area contributed by atoms with E-state index in [9.17, 15) is 0 Å². The van der Waals surface area contributed by atoms with Crippen LogP contribution in [0.4, 0.5) is 0 Å². The summed E-state index contributed by atoms with van der Waals surface area (Å²) in [6, 6.07) is 12.2. The number of nitrogens with zero attached hydrogens (tertiary/aromatic N) is 6. The summed E-state index contributed by atoms with van der Waals surface area (Å²) in [7, 11) is 0. The summed E-state index contributed by atoms with van der Waals surface area (Å²) < 4.78 is 5.78. The third-order valence-electron chi connectivity index (χ3n) is 5.06. The van der Waals surface area contributed by atoms with Gasteiger partial charge in [-0.05, 0) is 55.6 Å². The standard InChI is InChI=1S/C21H26N6O/c1-2-28-20-10-4-3-8-19(20)16-26-12-6-7-17(14-26)15-27-24-21(23-25-27)18-9-5-11-22-13-18/h3-5,8-11,13,17H,2,6-7,12,14-16H2,1H3/t17-/m1/s1. The highest BCUT2D eigenvalue weighted by molar-refractivity contribution is 5.51. The molecule has 0 aliphatic carbocycles. The number of para-hydroxylation sites is 1. The van der Waals surface area contributed by atoms with E-state index in [1.54, 1.807) is 17.2 Å². The van der Waals surface area contributed by atoms with E-state index in [0.29, 0.717) is 18.3 Å². The van der Waals surface area contributed by atoms with Crippen molar-refractivity contribution in [1.82, 2.24) is 30.1 Å². The summed E-state index contributed by atoms with van der Waals surface area (Å²) in [5, 5.41) is 13.0. The number of hydrogen-bond donors (Lipinski definition) is 0. The van der Waals surface area contributed by atoms with E-state index >= 15 is 0 Å². The molecule has 1 saturated heterocycles. The van der Waals surface area contributed by atoms with Gasteiger partial charge in [0, 0.05) is 36.6 Å². The van der Waals surface area contributed by atoms with Crippen molar-refractivity contribution in [2.24, 2.45) is 5.92 Å². The number of pyridine rings is 1. The van der Waals surface area contributed by atoms with Crippen molar-refractivity contribution >= 4 is 0 Å². The molecule has 0 unspecified atom stereocenters. The van der Waals surface area contributed by atoms with Crippen molar-refractivity contribution in [2.75, 3.05) is 19.7 Å². The summed E-state index contributed by atoms with van der Waals surface area (Å²) in [4.78, 5) is 8.35. The lowest BCUT2D eigenvalue weighted by atomic mass is 9.97. The third-order valence-corrected chi connectivity index (χ3v) is 5.06. The average molecular weight is 378 g/mol. The SMILES string of the molecule is CCOc1ccccc1CN1CCC[C@@H](Cn2nnc(-c3cccnc3)n2)C1. The number of piperidine rings is 1. The van der Waals surface area contributed by atoms with Gasteiger partial charge >= 0.3 is 0 Å². The van der Waals surface area contributed by atoms with E-state index in [2.05, 4.69) is 43.5 Å². The van der Waals surface area contributed by atoms with Crippen molar-refractivity contribution in [1.29, 1.82) is 0 Å². The van der Waals surface area contributed by atoms with Crippen molar-refractivity contribution in [3.05, 3.63) is 54.4 Å². The lowest BCUT2D eigenvalue weighted by Crippen LogP contribution is -2.37. The van der Waals surface area contributed by atoms with Crippen LogP contribution in [0, 0.1) is 5.92 Å². The minimum Gasteiger partial charge on any atom is -0.494 e. The number of hydrogen-bond acceptors (Lipinski definition) is 6. The van der Waals surface area contributed by atoms with Crippen LogP contribution >= 0.6 is 0 Å². The third kappa shape index (κ3) is 4.54. The summed E-state index contributed by atoms with van der Waals surface area (Å²) in [6.07, 6.45) is 5.88. The molecule has 0 amide bonds. The number of tetrazole rings is 1. The number of ether oxygens (including phenoxy) is 1. The molecule has 1 aliphatic rings. The highest BCUT2D eigenvalue weighted by atomic mass is 16.5. The summed E-state index contributed by atoms with van der Waals surface area (Å²) in [6.45, 7) is 6.57. The quantitative estimate of drug-likeness (QED) is 0.629. The van der Waals surface area contributed by atoms with Crippen molar-refractivity contribution in [3.8, 4) is 17.1 Å². The normalized spacial score (nSPS) is 17.5. The van der Waals surface area contributed by atoms with Crippen LogP contribution in [0.1, 0.15) is 25.3 Å². The zero-order chi connectivity index (χ0) is 19.2. The monoisotopic (exact) mass is 378 g/mol. The van der Waals surface area contributed by atoms with Crippen LogP contribution in [0.15, 0.2) is 48.8 Å². The molecule has 0 radical (unpaired) electrons. The van der Waals surface area contributed by atoms with Gasteiger partial charge in [-0.15, -0.1) is 10.2 Å². The van der Waals surface area contributed by atoms with Crippen molar-refractivity contribution in [3.63, 3.8) is 0 Å². The first-order valence-electron chi connectivity index (χ1n) is 9.93. The maximum absolute atomic E-state index is 5.78. The molecule has 0 saturated carbocycles. The Hall–Kier alpha value is -2.80. The van der Waals surface area contributed by atoms with Gasteiger partial charge in [-0.1, -0.05) is 18.2 Å².